The Morgan fingerprint density at radius 1 is 1.03 bits per heavy atom. The van der Waals surface area contributed by atoms with Gasteiger partial charge in [0.1, 0.15) is 6.33 Å². The lowest BCUT2D eigenvalue weighted by atomic mass is 10.1. The van der Waals surface area contributed by atoms with E-state index in [4.69, 9.17) is 0 Å². The van der Waals surface area contributed by atoms with Gasteiger partial charge in [-0.3, -0.25) is 4.79 Å². The number of fused-ring (bicyclic) bond motifs is 1. The zero-order valence-corrected chi connectivity index (χ0v) is 17.0. The van der Waals surface area contributed by atoms with Gasteiger partial charge in [0.15, 0.2) is 11.5 Å². The van der Waals surface area contributed by atoms with Crippen molar-refractivity contribution in [1.82, 2.24) is 29.6 Å². The van der Waals surface area contributed by atoms with Crippen LogP contribution >= 0.6 is 0 Å². The molecule has 1 aromatic carbocycles. The maximum Gasteiger partial charge on any atom is 0.224 e. The number of carbonyl (C=O) groups is 1. The van der Waals surface area contributed by atoms with Gasteiger partial charge in [-0.25, -0.2) is 4.68 Å². The molecular weight excluding hydrogens is 366 g/mol. The molecule has 4 aromatic rings. The first-order valence-electron chi connectivity index (χ1n) is 9.52. The molecule has 0 atom stereocenters. The lowest BCUT2D eigenvalue weighted by molar-refractivity contribution is -0.116. The summed E-state index contributed by atoms with van der Waals surface area (Å²) in [5.41, 5.74) is 6.81. The Balaban J connectivity index is 1.49. The first kappa shape index (κ1) is 18.8. The Morgan fingerprint density at radius 2 is 1.86 bits per heavy atom. The van der Waals surface area contributed by atoms with E-state index in [2.05, 4.69) is 32.6 Å². The molecule has 0 saturated heterocycles. The van der Waals surface area contributed by atoms with E-state index in [9.17, 15) is 4.79 Å². The Hall–Kier alpha value is -3.55. The van der Waals surface area contributed by atoms with Crippen molar-refractivity contribution in [3.63, 3.8) is 0 Å². The largest absolute Gasteiger partial charge is 0.326 e. The molecule has 29 heavy (non-hydrogen) atoms. The van der Waals surface area contributed by atoms with Gasteiger partial charge in [-0.2, -0.15) is 9.61 Å². The molecule has 3 heterocycles. The Labute approximate surface area is 168 Å². The Bertz CT molecular complexity index is 1210. The second-order valence-electron chi connectivity index (χ2n) is 7.23. The van der Waals surface area contributed by atoms with Crippen molar-refractivity contribution >= 4 is 17.2 Å². The number of nitrogens with zero attached hydrogens (tertiary/aromatic N) is 6. The van der Waals surface area contributed by atoms with Crippen molar-refractivity contribution < 1.29 is 4.79 Å². The van der Waals surface area contributed by atoms with E-state index < -0.39 is 0 Å². The molecule has 0 spiro atoms. The fourth-order valence-corrected chi connectivity index (χ4v) is 3.37. The highest BCUT2D eigenvalue weighted by Crippen LogP contribution is 2.19. The molecule has 1 amide bonds. The van der Waals surface area contributed by atoms with E-state index >= 15 is 0 Å². The van der Waals surface area contributed by atoms with Gasteiger partial charge in [-0.15, -0.1) is 15.3 Å². The Morgan fingerprint density at radius 3 is 2.66 bits per heavy atom. The minimum absolute atomic E-state index is 0.0103. The summed E-state index contributed by atoms with van der Waals surface area (Å²) in [5, 5.41) is 19.9. The average Bonchev–Trinajstić information content (AvgIpc) is 3.27. The minimum Gasteiger partial charge on any atom is -0.326 e. The Kier molecular flexibility index (Phi) is 4.84. The van der Waals surface area contributed by atoms with Crippen molar-refractivity contribution in [2.75, 3.05) is 5.32 Å². The molecule has 3 aromatic heterocycles. The van der Waals surface area contributed by atoms with Crippen LogP contribution in [0.4, 0.5) is 5.69 Å². The first-order valence-corrected chi connectivity index (χ1v) is 9.52. The molecule has 0 aliphatic rings. The maximum atomic E-state index is 12.4. The number of hydrogen-bond acceptors (Lipinski definition) is 5. The van der Waals surface area contributed by atoms with Crippen LogP contribution < -0.4 is 5.32 Å². The molecule has 0 aliphatic heterocycles. The number of rotatable bonds is 5. The molecule has 4 rings (SSSR count). The molecule has 0 bridgehead atoms. The number of nitrogens with one attached hydrogen (secondary N) is 1. The molecule has 148 valence electrons. The molecule has 0 aliphatic carbocycles. The highest BCUT2D eigenvalue weighted by atomic mass is 16.1. The van der Waals surface area contributed by atoms with Crippen LogP contribution in [0.25, 0.3) is 11.5 Å². The zero-order chi connectivity index (χ0) is 20.5. The molecule has 8 nitrogen and oxygen atoms in total. The molecular formula is C21H23N7O. The van der Waals surface area contributed by atoms with Crippen LogP contribution in [0.5, 0.6) is 0 Å². The first-order chi connectivity index (χ1) is 13.9. The number of benzene rings is 1. The van der Waals surface area contributed by atoms with Crippen LogP contribution in [0, 0.1) is 27.7 Å². The topological polar surface area (TPSA) is 90.0 Å². The van der Waals surface area contributed by atoms with Crippen molar-refractivity contribution in [2.45, 2.75) is 40.5 Å². The van der Waals surface area contributed by atoms with Crippen LogP contribution in [0.1, 0.15) is 34.5 Å². The third-order valence-electron chi connectivity index (χ3n) is 5.20. The fourth-order valence-electron chi connectivity index (χ4n) is 3.37. The van der Waals surface area contributed by atoms with Crippen molar-refractivity contribution in [1.29, 1.82) is 0 Å². The maximum absolute atomic E-state index is 12.4. The number of amides is 1. The van der Waals surface area contributed by atoms with Gasteiger partial charge in [-0.05, 0) is 75.1 Å². The van der Waals surface area contributed by atoms with Gasteiger partial charge in [-0.1, -0.05) is 6.07 Å². The highest BCUT2D eigenvalue weighted by molar-refractivity contribution is 5.91. The van der Waals surface area contributed by atoms with Gasteiger partial charge in [0.05, 0.1) is 5.69 Å². The van der Waals surface area contributed by atoms with Crippen LogP contribution in [0.2, 0.25) is 0 Å². The molecule has 0 unspecified atom stereocenters. The van der Waals surface area contributed by atoms with E-state index in [0.717, 1.165) is 28.2 Å². The van der Waals surface area contributed by atoms with Crippen LogP contribution in [-0.4, -0.2) is 35.5 Å². The quantitative estimate of drug-likeness (QED) is 0.566. The minimum atomic E-state index is -0.0103. The normalized spacial score (nSPS) is 11.2. The van der Waals surface area contributed by atoms with E-state index in [0.29, 0.717) is 24.3 Å². The molecule has 0 fully saturated rings. The zero-order valence-electron chi connectivity index (χ0n) is 17.0. The smallest absolute Gasteiger partial charge is 0.224 e. The second kappa shape index (κ2) is 7.46. The van der Waals surface area contributed by atoms with E-state index in [1.54, 1.807) is 15.5 Å². The second-order valence-corrected chi connectivity index (χ2v) is 7.23. The van der Waals surface area contributed by atoms with Crippen LogP contribution in [-0.2, 0) is 11.2 Å². The van der Waals surface area contributed by atoms with Gasteiger partial charge in [0.2, 0.25) is 5.91 Å². The van der Waals surface area contributed by atoms with Crippen molar-refractivity contribution in [2.24, 2.45) is 0 Å². The van der Waals surface area contributed by atoms with Gasteiger partial charge >= 0.3 is 0 Å². The predicted molar refractivity (Wildman–Crippen MR) is 110 cm³/mol. The molecule has 0 radical (unpaired) electrons. The van der Waals surface area contributed by atoms with Crippen LogP contribution in [0.15, 0.2) is 36.7 Å². The van der Waals surface area contributed by atoms with E-state index in [1.807, 2.05) is 51.1 Å². The van der Waals surface area contributed by atoms with Gasteiger partial charge in [0.25, 0.3) is 0 Å². The summed E-state index contributed by atoms with van der Waals surface area (Å²) in [5.74, 6) is 0.674. The number of hydrogen-bond donors (Lipinski definition) is 1. The summed E-state index contributed by atoms with van der Waals surface area (Å²) in [4.78, 5) is 12.4. The number of aryl methyl sites for hydroxylation is 3. The summed E-state index contributed by atoms with van der Waals surface area (Å²) < 4.78 is 3.41. The SMILES string of the molecule is Cc1ccc(NC(=O)CCc2c(C)nn(-c3ccc4nncn4n3)c2C)cc1C. The van der Waals surface area contributed by atoms with Crippen molar-refractivity contribution in [3.05, 3.63) is 64.7 Å². The molecule has 0 saturated carbocycles. The van der Waals surface area contributed by atoms with E-state index in [1.165, 1.54) is 5.56 Å². The van der Waals surface area contributed by atoms with Crippen molar-refractivity contribution in [3.8, 4) is 5.82 Å². The van der Waals surface area contributed by atoms with Gasteiger partial charge < -0.3 is 5.32 Å². The average molecular weight is 389 g/mol. The van der Waals surface area contributed by atoms with E-state index in [-0.39, 0.29) is 5.91 Å². The summed E-state index contributed by atoms with van der Waals surface area (Å²) in [6.07, 6.45) is 2.56. The van der Waals surface area contributed by atoms with Gasteiger partial charge in [0, 0.05) is 17.8 Å². The molecule has 8 heteroatoms. The fraction of sp³-hybridized carbons (Fsp3) is 0.286. The predicted octanol–water partition coefficient (Wildman–Crippen LogP) is 3.11. The number of aromatic nitrogens is 6. The molecule has 1 N–H and O–H groups in total. The highest BCUT2D eigenvalue weighted by Gasteiger charge is 2.15. The lowest BCUT2D eigenvalue weighted by Gasteiger charge is -2.08. The number of carbonyl (C=O) groups excluding carboxylic acids is 1. The standard InChI is InChI=1S/C21H23N7O/c1-13-5-6-17(11-14(13)2)23-21(29)10-7-18-15(3)25-28(16(18)4)20-9-8-19-24-22-12-27(19)26-20/h5-6,8-9,11-12H,7,10H2,1-4H3,(H,23,29). The summed E-state index contributed by atoms with van der Waals surface area (Å²) in [6, 6.07) is 9.65. The number of anilines is 1. The monoisotopic (exact) mass is 389 g/mol. The third kappa shape index (κ3) is 3.73. The van der Waals surface area contributed by atoms with Crippen LogP contribution in [0.3, 0.4) is 0 Å². The lowest BCUT2D eigenvalue weighted by Crippen LogP contribution is -2.13. The summed E-state index contributed by atoms with van der Waals surface area (Å²) in [6.45, 7) is 8.05. The summed E-state index contributed by atoms with van der Waals surface area (Å²) in [7, 11) is 0. The third-order valence-corrected chi connectivity index (χ3v) is 5.20. The summed E-state index contributed by atoms with van der Waals surface area (Å²) >= 11 is 0.